The Kier molecular flexibility index (Phi) is 3.66. The fourth-order valence-electron chi connectivity index (χ4n) is 2.52. The molecule has 1 aliphatic heterocycles. The molecule has 1 N–H and O–H groups in total. The van der Waals surface area contributed by atoms with Gasteiger partial charge in [-0.2, -0.15) is 0 Å². The summed E-state index contributed by atoms with van der Waals surface area (Å²) in [5.74, 6) is 2.09. The van der Waals surface area contributed by atoms with E-state index < -0.39 is 0 Å². The van der Waals surface area contributed by atoms with Crippen molar-refractivity contribution in [2.24, 2.45) is 0 Å². The molecule has 3 heteroatoms. The van der Waals surface area contributed by atoms with Crippen LogP contribution in [0.3, 0.4) is 0 Å². The van der Waals surface area contributed by atoms with E-state index in [0.717, 1.165) is 31.2 Å². The number of nitrogens with zero attached hydrogens (tertiary/aromatic N) is 1. The van der Waals surface area contributed by atoms with Crippen LogP contribution in [0.25, 0.3) is 0 Å². The van der Waals surface area contributed by atoms with Crippen molar-refractivity contribution in [1.29, 1.82) is 0 Å². The quantitative estimate of drug-likeness (QED) is 0.832. The lowest BCUT2D eigenvalue weighted by atomic mass is 10.1. The van der Waals surface area contributed by atoms with E-state index in [1.54, 1.807) is 0 Å². The number of aryl methyl sites for hydroxylation is 2. The highest BCUT2D eigenvalue weighted by Crippen LogP contribution is 2.26. The monoisotopic (exact) mass is 222 g/mol. The summed E-state index contributed by atoms with van der Waals surface area (Å²) in [6.45, 7) is 10.9. The summed E-state index contributed by atoms with van der Waals surface area (Å²) in [4.78, 5) is 2.54. The molecule has 0 aromatic carbocycles. The van der Waals surface area contributed by atoms with Gasteiger partial charge in [0.05, 0.1) is 0 Å². The first-order chi connectivity index (χ1) is 7.68. The van der Waals surface area contributed by atoms with Crippen LogP contribution in [-0.2, 0) is 0 Å². The van der Waals surface area contributed by atoms with Crippen LogP contribution in [0.4, 0.5) is 0 Å². The van der Waals surface area contributed by atoms with Gasteiger partial charge in [0, 0.05) is 24.7 Å². The minimum atomic E-state index is 0.470. The average molecular weight is 222 g/mol. The molecular weight excluding hydrogens is 200 g/mol. The normalized spacial score (nSPS) is 20.7. The van der Waals surface area contributed by atoms with Crippen LogP contribution in [0.5, 0.6) is 0 Å². The number of rotatable bonds is 2. The number of hydrogen-bond donors (Lipinski definition) is 1. The summed E-state index contributed by atoms with van der Waals surface area (Å²) >= 11 is 0. The Morgan fingerprint density at radius 3 is 2.81 bits per heavy atom. The fraction of sp³-hybridized carbons (Fsp3) is 0.692. The van der Waals surface area contributed by atoms with Gasteiger partial charge in [0.1, 0.15) is 11.5 Å². The number of hydrogen-bond acceptors (Lipinski definition) is 3. The fourth-order valence-corrected chi connectivity index (χ4v) is 2.52. The molecule has 0 bridgehead atoms. The van der Waals surface area contributed by atoms with Gasteiger partial charge in [-0.1, -0.05) is 0 Å². The molecule has 1 atom stereocenters. The van der Waals surface area contributed by atoms with Gasteiger partial charge in [0.15, 0.2) is 0 Å². The smallest absolute Gasteiger partial charge is 0.105 e. The largest absolute Gasteiger partial charge is 0.466 e. The topological polar surface area (TPSA) is 28.4 Å². The van der Waals surface area contributed by atoms with Crippen LogP contribution in [0.1, 0.15) is 36.5 Å². The maximum atomic E-state index is 5.62. The summed E-state index contributed by atoms with van der Waals surface area (Å²) in [5, 5.41) is 3.44. The van der Waals surface area contributed by atoms with Gasteiger partial charge < -0.3 is 9.73 Å². The molecule has 1 saturated heterocycles. The van der Waals surface area contributed by atoms with E-state index in [0.29, 0.717) is 6.04 Å². The number of furan rings is 1. The summed E-state index contributed by atoms with van der Waals surface area (Å²) < 4.78 is 5.62. The van der Waals surface area contributed by atoms with Gasteiger partial charge in [-0.25, -0.2) is 0 Å². The molecule has 90 valence electrons. The second-order valence-electron chi connectivity index (χ2n) is 4.68. The summed E-state index contributed by atoms with van der Waals surface area (Å²) in [6.07, 6.45) is 1.24. The minimum absolute atomic E-state index is 0.470. The van der Waals surface area contributed by atoms with Crippen molar-refractivity contribution < 1.29 is 4.42 Å². The Balaban J connectivity index is 2.10. The summed E-state index contributed by atoms with van der Waals surface area (Å²) in [5.41, 5.74) is 1.35. The van der Waals surface area contributed by atoms with Crippen LogP contribution in [-0.4, -0.2) is 31.1 Å². The maximum Gasteiger partial charge on any atom is 0.105 e. The Hall–Kier alpha value is -0.800. The third-order valence-corrected chi connectivity index (χ3v) is 3.45. The molecule has 0 aliphatic carbocycles. The Morgan fingerprint density at radius 2 is 2.12 bits per heavy atom. The van der Waals surface area contributed by atoms with Crippen LogP contribution in [0.15, 0.2) is 10.5 Å². The average Bonchev–Trinajstić information content (AvgIpc) is 2.49. The lowest BCUT2D eigenvalue weighted by Gasteiger charge is -2.26. The molecule has 2 heterocycles. The summed E-state index contributed by atoms with van der Waals surface area (Å²) in [7, 11) is 0. The van der Waals surface area contributed by atoms with E-state index in [-0.39, 0.29) is 0 Å². The zero-order chi connectivity index (χ0) is 11.5. The standard InChI is InChI=1S/C13H22N2O/c1-10-9-13(12(3)16-10)11(2)15-7-4-5-14-6-8-15/h9,11,14H,4-8H2,1-3H3. The van der Waals surface area contributed by atoms with E-state index in [1.165, 1.54) is 18.5 Å². The van der Waals surface area contributed by atoms with Gasteiger partial charge in [0.2, 0.25) is 0 Å². The second-order valence-corrected chi connectivity index (χ2v) is 4.68. The Morgan fingerprint density at radius 1 is 1.31 bits per heavy atom. The maximum absolute atomic E-state index is 5.62. The molecule has 0 radical (unpaired) electrons. The second kappa shape index (κ2) is 5.02. The molecule has 0 amide bonds. The van der Waals surface area contributed by atoms with Crippen molar-refractivity contribution in [2.75, 3.05) is 26.2 Å². The van der Waals surface area contributed by atoms with E-state index in [9.17, 15) is 0 Å². The predicted octanol–water partition coefficient (Wildman–Crippen LogP) is 2.25. The van der Waals surface area contributed by atoms with Crippen LogP contribution in [0, 0.1) is 13.8 Å². The third-order valence-electron chi connectivity index (χ3n) is 3.45. The van der Waals surface area contributed by atoms with Gasteiger partial charge >= 0.3 is 0 Å². The Labute approximate surface area is 97.8 Å². The van der Waals surface area contributed by atoms with Gasteiger partial charge in [0.25, 0.3) is 0 Å². The zero-order valence-corrected chi connectivity index (χ0v) is 10.5. The molecular formula is C13H22N2O. The molecule has 1 fully saturated rings. The van der Waals surface area contributed by atoms with E-state index in [4.69, 9.17) is 4.42 Å². The van der Waals surface area contributed by atoms with Crippen molar-refractivity contribution in [3.63, 3.8) is 0 Å². The highest BCUT2D eigenvalue weighted by Gasteiger charge is 2.20. The van der Waals surface area contributed by atoms with Gasteiger partial charge in [-0.05, 0) is 46.3 Å². The molecule has 0 saturated carbocycles. The van der Waals surface area contributed by atoms with Crippen molar-refractivity contribution >= 4 is 0 Å². The molecule has 1 unspecified atom stereocenters. The first kappa shape index (κ1) is 11.7. The molecule has 1 aromatic heterocycles. The third kappa shape index (κ3) is 2.47. The van der Waals surface area contributed by atoms with Crippen molar-refractivity contribution in [3.05, 3.63) is 23.2 Å². The highest BCUT2D eigenvalue weighted by molar-refractivity contribution is 5.23. The summed E-state index contributed by atoms with van der Waals surface area (Å²) in [6, 6.07) is 2.65. The molecule has 0 spiro atoms. The molecule has 16 heavy (non-hydrogen) atoms. The molecule has 2 rings (SSSR count). The molecule has 1 aromatic rings. The lowest BCUT2D eigenvalue weighted by molar-refractivity contribution is 0.223. The van der Waals surface area contributed by atoms with Crippen molar-refractivity contribution in [1.82, 2.24) is 10.2 Å². The molecule has 1 aliphatic rings. The zero-order valence-electron chi connectivity index (χ0n) is 10.5. The Bertz CT molecular complexity index is 338. The first-order valence-corrected chi connectivity index (χ1v) is 6.20. The van der Waals surface area contributed by atoms with Crippen LogP contribution < -0.4 is 5.32 Å². The minimum Gasteiger partial charge on any atom is -0.466 e. The first-order valence-electron chi connectivity index (χ1n) is 6.20. The number of nitrogens with one attached hydrogen (secondary N) is 1. The lowest BCUT2D eigenvalue weighted by Crippen LogP contribution is -2.30. The SMILES string of the molecule is Cc1cc(C(C)N2CCCNCC2)c(C)o1. The van der Waals surface area contributed by atoms with E-state index in [1.807, 2.05) is 6.92 Å². The predicted molar refractivity (Wildman–Crippen MR) is 65.7 cm³/mol. The van der Waals surface area contributed by atoms with Crippen molar-refractivity contribution in [2.45, 2.75) is 33.2 Å². The van der Waals surface area contributed by atoms with E-state index >= 15 is 0 Å². The van der Waals surface area contributed by atoms with Gasteiger partial charge in [-0.3, -0.25) is 4.90 Å². The van der Waals surface area contributed by atoms with Crippen molar-refractivity contribution in [3.8, 4) is 0 Å². The highest BCUT2D eigenvalue weighted by atomic mass is 16.3. The molecule has 3 nitrogen and oxygen atoms in total. The van der Waals surface area contributed by atoms with Crippen LogP contribution >= 0.6 is 0 Å². The van der Waals surface area contributed by atoms with Gasteiger partial charge in [-0.15, -0.1) is 0 Å². The van der Waals surface area contributed by atoms with E-state index in [2.05, 4.69) is 30.1 Å². The van der Waals surface area contributed by atoms with Crippen LogP contribution in [0.2, 0.25) is 0 Å².